The molecule has 0 aliphatic rings. The summed E-state index contributed by atoms with van der Waals surface area (Å²) in [7, 11) is 0. The molecule has 0 bridgehead atoms. The second-order valence-corrected chi connectivity index (χ2v) is 4.64. The zero-order chi connectivity index (χ0) is 13.8. The zero-order valence-corrected chi connectivity index (χ0v) is 11.7. The molecule has 0 amide bonds. The van der Waals surface area contributed by atoms with Crippen LogP contribution in [-0.2, 0) is 6.54 Å². The average molecular weight is 321 g/mol. The van der Waals surface area contributed by atoms with Gasteiger partial charge in [-0.25, -0.2) is 14.4 Å². The van der Waals surface area contributed by atoms with Gasteiger partial charge in [-0.2, -0.15) is 5.26 Å². The summed E-state index contributed by atoms with van der Waals surface area (Å²) < 4.78 is 14.1. The molecule has 2 aromatic rings. The molecule has 19 heavy (non-hydrogen) atoms. The third kappa shape index (κ3) is 3.06. The summed E-state index contributed by atoms with van der Waals surface area (Å²) in [6.45, 7) is 2.18. The SMILES string of the molecule is Cc1nccc(CNc2ccc(C#N)c(Br)c2F)n1. The Balaban J connectivity index is 2.17. The molecule has 0 radical (unpaired) electrons. The molecule has 1 aromatic heterocycles. The first kappa shape index (κ1) is 13.4. The summed E-state index contributed by atoms with van der Waals surface area (Å²) in [5.74, 6) is 0.186. The van der Waals surface area contributed by atoms with Crippen molar-refractivity contribution in [1.29, 1.82) is 5.26 Å². The van der Waals surface area contributed by atoms with Gasteiger partial charge in [-0.1, -0.05) is 0 Å². The quantitative estimate of drug-likeness (QED) is 0.943. The number of nitrogens with zero attached hydrogens (tertiary/aromatic N) is 3. The van der Waals surface area contributed by atoms with Crippen molar-refractivity contribution in [2.24, 2.45) is 0 Å². The van der Waals surface area contributed by atoms with Crippen LogP contribution in [0.25, 0.3) is 0 Å². The molecule has 96 valence electrons. The molecule has 0 fully saturated rings. The lowest BCUT2D eigenvalue weighted by Crippen LogP contribution is -2.05. The van der Waals surface area contributed by atoms with Crippen LogP contribution in [0.5, 0.6) is 0 Å². The van der Waals surface area contributed by atoms with E-state index in [2.05, 4.69) is 31.2 Å². The highest BCUT2D eigenvalue weighted by atomic mass is 79.9. The van der Waals surface area contributed by atoms with Gasteiger partial charge < -0.3 is 5.32 Å². The van der Waals surface area contributed by atoms with Crippen LogP contribution in [0.2, 0.25) is 0 Å². The number of aryl methyl sites for hydroxylation is 1. The molecule has 2 rings (SSSR count). The van der Waals surface area contributed by atoms with Crippen molar-refractivity contribution in [2.75, 3.05) is 5.32 Å². The second-order valence-electron chi connectivity index (χ2n) is 3.85. The number of benzene rings is 1. The van der Waals surface area contributed by atoms with E-state index in [9.17, 15) is 4.39 Å². The van der Waals surface area contributed by atoms with Gasteiger partial charge in [0, 0.05) is 6.20 Å². The number of halogens is 2. The third-order valence-electron chi connectivity index (χ3n) is 2.50. The van der Waals surface area contributed by atoms with Crippen LogP contribution in [0.4, 0.5) is 10.1 Å². The number of nitrogens with one attached hydrogen (secondary N) is 1. The molecule has 4 nitrogen and oxygen atoms in total. The second kappa shape index (κ2) is 5.76. The van der Waals surface area contributed by atoms with Crippen molar-refractivity contribution in [3.05, 3.63) is 51.8 Å². The predicted molar refractivity (Wildman–Crippen MR) is 72.9 cm³/mol. The number of rotatable bonds is 3. The summed E-state index contributed by atoms with van der Waals surface area (Å²) in [4.78, 5) is 8.21. The largest absolute Gasteiger partial charge is 0.377 e. The highest BCUT2D eigenvalue weighted by Crippen LogP contribution is 2.26. The lowest BCUT2D eigenvalue weighted by atomic mass is 10.2. The number of anilines is 1. The van der Waals surface area contributed by atoms with Crippen LogP contribution in [-0.4, -0.2) is 9.97 Å². The Morgan fingerprint density at radius 2 is 2.21 bits per heavy atom. The van der Waals surface area contributed by atoms with Gasteiger partial charge in [0.05, 0.1) is 28.0 Å². The van der Waals surface area contributed by atoms with Crippen molar-refractivity contribution in [2.45, 2.75) is 13.5 Å². The van der Waals surface area contributed by atoms with Crippen LogP contribution in [0, 0.1) is 24.1 Å². The Morgan fingerprint density at radius 1 is 1.42 bits per heavy atom. The Hall–Kier alpha value is -2.00. The number of hydrogen-bond donors (Lipinski definition) is 1. The summed E-state index contributed by atoms with van der Waals surface area (Å²) in [6.07, 6.45) is 1.66. The van der Waals surface area contributed by atoms with E-state index in [0.29, 0.717) is 18.1 Å². The Labute approximate surface area is 118 Å². The fraction of sp³-hybridized carbons (Fsp3) is 0.154. The topological polar surface area (TPSA) is 61.6 Å². The molecule has 0 spiro atoms. The number of hydrogen-bond acceptors (Lipinski definition) is 4. The fourth-order valence-electron chi connectivity index (χ4n) is 1.56. The lowest BCUT2D eigenvalue weighted by Gasteiger charge is -2.09. The molecule has 6 heteroatoms. The first-order valence-corrected chi connectivity index (χ1v) is 6.31. The molecule has 0 aliphatic carbocycles. The first-order chi connectivity index (χ1) is 9.11. The summed E-state index contributed by atoms with van der Waals surface area (Å²) in [5.41, 5.74) is 1.36. The molecule has 1 heterocycles. The standard InChI is InChI=1S/C13H10BrFN4/c1-8-17-5-4-10(19-8)7-18-11-3-2-9(6-16)12(14)13(11)15/h2-5,18H,7H2,1H3. The number of nitriles is 1. The Bertz CT molecular complexity index is 652. The molecule has 0 atom stereocenters. The van der Waals surface area contributed by atoms with Crippen molar-refractivity contribution in [3.8, 4) is 6.07 Å². The van der Waals surface area contributed by atoms with Crippen LogP contribution < -0.4 is 5.32 Å². The highest BCUT2D eigenvalue weighted by molar-refractivity contribution is 9.10. The van der Waals surface area contributed by atoms with Gasteiger partial charge in [0.15, 0.2) is 5.82 Å². The third-order valence-corrected chi connectivity index (χ3v) is 3.27. The molecule has 0 saturated carbocycles. The van der Waals surface area contributed by atoms with Crippen LogP contribution in [0.1, 0.15) is 17.1 Å². The maximum atomic E-state index is 13.9. The maximum Gasteiger partial charge on any atom is 0.161 e. The Kier molecular flexibility index (Phi) is 4.07. The smallest absolute Gasteiger partial charge is 0.161 e. The van der Waals surface area contributed by atoms with E-state index in [1.165, 1.54) is 6.07 Å². The lowest BCUT2D eigenvalue weighted by molar-refractivity contribution is 0.622. The minimum atomic E-state index is -0.482. The Morgan fingerprint density at radius 3 is 2.89 bits per heavy atom. The van der Waals surface area contributed by atoms with E-state index < -0.39 is 5.82 Å². The van der Waals surface area contributed by atoms with Crippen LogP contribution in [0.3, 0.4) is 0 Å². The van der Waals surface area contributed by atoms with Crippen LogP contribution in [0.15, 0.2) is 28.9 Å². The summed E-state index contributed by atoms with van der Waals surface area (Å²) in [6, 6.07) is 6.76. The normalized spacial score (nSPS) is 10.0. The van der Waals surface area contributed by atoms with Crippen molar-refractivity contribution < 1.29 is 4.39 Å². The van der Waals surface area contributed by atoms with Gasteiger partial charge in [0.2, 0.25) is 0 Å². The van der Waals surface area contributed by atoms with Gasteiger partial charge in [-0.05, 0) is 41.1 Å². The van der Waals surface area contributed by atoms with Crippen molar-refractivity contribution >= 4 is 21.6 Å². The van der Waals surface area contributed by atoms with Crippen molar-refractivity contribution in [3.63, 3.8) is 0 Å². The summed E-state index contributed by atoms with van der Waals surface area (Å²) >= 11 is 3.07. The fourth-order valence-corrected chi connectivity index (χ4v) is 2.00. The summed E-state index contributed by atoms with van der Waals surface area (Å²) in [5, 5.41) is 11.7. The van der Waals surface area contributed by atoms with Gasteiger partial charge in [0.1, 0.15) is 11.9 Å². The van der Waals surface area contributed by atoms with E-state index in [0.717, 1.165) is 5.69 Å². The number of aromatic nitrogens is 2. The van der Waals surface area contributed by atoms with E-state index in [1.54, 1.807) is 25.3 Å². The van der Waals surface area contributed by atoms with Gasteiger partial charge in [-0.15, -0.1) is 0 Å². The zero-order valence-electron chi connectivity index (χ0n) is 10.1. The average Bonchev–Trinajstić information content (AvgIpc) is 2.41. The van der Waals surface area contributed by atoms with Crippen LogP contribution >= 0.6 is 15.9 Å². The van der Waals surface area contributed by atoms with Gasteiger partial charge in [0.25, 0.3) is 0 Å². The maximum absolute atomic E-state index is 13.9. The van der Waals surface area contributed by atoms with Gasteiger partial charge in [-0.3, -0.25) is 0 Å². The molecule has 0 unspecified atom stereocenters. The van der Waals surface area contributed by atoms with E-state index in [4.69, 9.17) is 5.26 Å². The first-order valence-electron chi connectivity index (χ1n) is 5.52. The molecule has 0 saturated heterocycles. The van der Waals surface area contributed by atoms with E-state index in [-0.39, 0.29) is 10.0 Å². The van der Waals surface area contributed by atoms with E-state index in [1.807, 2.05) is 6.07 Å². The molecule has 1 aromatic carbocycles. The van der Waals surface area contributed by atoms with Crippen molar-refractivity contribution in [1.82, 2.24) is 9.97 Å². The van der Waals surface area contributed by atoms with Gasteiger partial charge >= 0.3 is 0 Å². The molecule has 0 aliphatic heterocycles. The minimum Gasteiger partial charge on any atom is -0.377 e. The minimum absolute atomic E-state index is 0.166. The molecular weight excluding hydrogens is 311 g/mol. The monoisotopic (exact) mass is 320 g/mol. The van der Waals surface area contributed by atoms with E-state index >= 15 is 0 Å². The predicted octanol–water partition coefficient (Wildman–Crippen LogP) is 3.17. The molecular formula is C13H10BrFN4. The highest BCUT2D eigenvalue weighted by Gasteiger charge is 2.10. The molecule has 1 N–H and O–H groups in total.